The minimum atomic E-state index is -0.451. The number of anilines is 1. The van der Waals surface area contributed by atoms with Crippen molar-refractivity contribution in [3.63, 3.8) is 0 Å². The van der Waals surface area contributed by atoms with Gasteiger partial charge in [-0.15, -0.1) is 0 Å². The van der Waals surface area contributed by atoms with E-state index in [0.717, 1.165) is 25.7 Å². The zero-order valence-corrected chi connectivity index (χ0v) is 11.0. The zero-order chi connectivity index (χ0) is 13.5. The van der Waals surface area contributed by atoms with Gasteiger partial charge >= 0.3 is 0 Å². The van der Waals surface area contributed by atoms with Gasteiger partial charge in [0.2, 0.25) is 0 Å². The van der Waals surface area contributed by atoms with Crippen LogP contribution in [0, 0.1) is 5.82 Å². The summed E-state index contributed by atoms with van der Waals surface area (Å²) in [7, 11) is 0. The van der Waals surface area contributed by atoms with Gasteiger partial charge in [0, 0.05) is 11.7 Å². The van der Waals surface area contributed by atoms with Gasteiger partial charge in [0.1, 0.15) is 5.82 Å². The molecule has 0 saturated carbocycles. The molecule has 0 fully saturated rings. The van der Waals surface area contributed by atoms with E-state index in [1.165, 1.54) is 18.2 Å². The first kappa shape index (κ1) is 14.5. The lowest BCUT2D eigenvalue weighted by Crippen LogP contribution is -2.33. The summed E-state index contributed by atoms with van der Waals surface area (Å²) in [5.74, 6) is -0.760. The lowest BCUT2D eigenvalue weighted by atomic mass is 10.1. The van der Waals surface area contributed by atoms with E-state index in [1.807, 2.05) is 6.92 Å². The summed E-state index contributed by atoms with van der Waals surface area (Å²) in [5.41, 5.74) is 6.17. The van der Waals surface area contributed by atoms with Crippen LogP contribution in [0.1, 0.15) is 49.9 Å². The van der Waals surface area contributed by atoms with Crippen LogP contribution in [0.2, 0.25) is 0 Å². The highest BCUT2D eigenvalue weighted by Crippen LogP contribution is 2.14. The van der Waals surface area contributed by atoms with E-state index in [1.54, 1.807) is 0 Å². The molecule has 0 bridgehead atoms. The van der Waals surface area contributed by atoms with Gasteiger partial charge in [-0.2, -0.15) is 0 Å². The van der Waals surface area contributed by atoms with Crippen molar-refractivity contribution in [2.75, 3.05) is 5.73 Å². The quantitative estimate of drug-likeness (QED) is 0.603. The molecule has 3 nitrogen and oxygen atoms in total. The van der Waals surface area contributed by atoms with E-state index in [9.17, 15) is 9.18 Å². The number of carbonyl (C=O) groups is 1. The number of hydrogen-bond donors (Lipinski definition) is 2. The molecule has 0 spiro atoms. The number of nitrogen functional groups attached to an aromatic ring is 1. The van der Waals surface area contributed by atoms with E-state index in [-0.39, 0.29) is 17.5 Å². The number of halogens is 1. The van der Waals surface area contributed by atoms with Crippen LogP contribution < -0.4 is 11.1 Å². The average molecular weight is 252 g/mol. The van der Waals surface area contributed by atoms with Gasteiger partial charge in [-0.25, -0.2) is 4.39 Å². The number of benzene rings is 1. The predicted octanol–water partition coefficient (Wildman–Crippen LogP) is 3.11. The molecule has 3 N–H and O–H groups in total. The topological polar surface area (TPSA) is 55.1 Å². The summed E-state index contributed by atoms with van der Waals surface area (Å²) in [6.07, 6.45) is 4.31. The van der Waals surface area contributed by atoms with Gasteiger partial charge in [0.25, 0.3) is 5.91 Å². The lowest BCUT2D eigenvalue weighted by molar-refractivity contribution is 0.0938. The van der Waals surface area contributed by atoms with Gasteiger partial charge in [-0.1, -0.05) is 26.2 Å². The predicted molar refractivity (Wildman–Crippen MR) is 71.9 cm³/mol. The van der Waals surface area contributed by atoms with Gasteiger partial charge in [-0.3, -0.25) is 4.79 Å². The maximum absolute atomic E-state index is 13.1. The number of unbranched alkanes of at least 4 members (excludes halogenated alkanes) is 2. The summed E-state index contributed by atoms with van der Waals surface area (Å²) in [6, 6.07) is 3.90. The van der Waals surface area contributed by atoms with E-state index >= 15 is 0 Å². The fourth-order valence-corrected chi connectivity index (χ4v) is 1.80. The van der Waals surface area contributed by atoms with Crippen LogP contribution in [0.5, 0.6) is 0 Å². The van der Waals surface area contributed by atoms with Gasteiger partial charge in [-0.05, 0) is 31.5 Å². The van der Waals surface area contributed by atoms with Crippen LogP contribution in [0.25, 0.3) is 0 Å². The molecular formula is C14H21FN2O. The summed E-state index contributed by atoms with van der Waals surface area (Å²) in [4.78, 5) is 11.9. The zero-order valence-electron chi connectivity index (χ0n) is 11.0. The first-order valence-corrected chi connectivity index (χ1v) is 6.40. The molecule has 18 heavy (non-hydrogen) atoms. The number of nitrogens with two attached hydrogens (primary N) is 1. The Balaban J connectivity index is 2.56. The number of carbonyl (C=O) groups excluding carboxylic acids is 1. The molecule has 1 rings (SSSR count). The van der Waals surface area contributed by atoms with Crippen LogP contribution in [-0.2, 0) is 0 Å². The van der Waals surface area contributed by atoms with Crippen LogP contribution in [0.3, 0.4) is 0 Å². The highest BCUT2D eigenvalue weighted by Gasteiger charge is 2.13. The second kappa shape index (κ2) is 6.99. The molecular weight excluding hydrogens is 231 g/mol. The Morgan fingerprint density at radius 2 is 2.17 bits per heavy atom. The Bertz CT molecular complexity index is 407. The van der Waals surface area contributed by atoms with Crippen LogP contribution >= 0.6 is 0 Å². The smallest absolute Gasteiger partial charge is 0.253 e. The van der Waals surface area contributed by atoms with Gasteiger partial charge in [0.15, 0.2) is 0 Å². The summed E-state index contributed by atoms with van der Waals surface area (Å²) < 4.78 is 13.1. The molecule has 0 radical (unpaired) electrons. The highest BCUT2D eigenvalue weighted by atomic mass is 19.1. The van der Waals surface area contributed by atoms with Crippen LogP contribution in [0.4, 0.5) is 10.1 Å². The number of hydrogen-bond acceptors (Lipinski definition) is 2. The van der Waals surface area contributed by atoms with E-state index < -0.39 is 5.82 Å². The third-order valence-corrected chi connectivity index (χ3v) is 2.88. The largest absolute Gasteiger partial charge is 0.398 e. The van der Waals surface area contributed by atoms with Crippen LogP contribution in [0.15, 0.2) is 18.2 Å². The molecule has 1 unspecified atom stereocenters. The standard InChI is InChI=1S/C14H21FN2O/c1-3-4-5-6-10(2)17-14(18)12-9-11(15)7-8-13(12)16/h7-10H,3-6,16H2,1-2H3,(H,17,18). The molecule has 0 aliphatic rings. The Labute approximate surface area is 108 Å². The number of amides is 1. The second-order valence-electron chi connectivity index (χ2n) is 4.60. The molecule has 0 aliphatic carbocycles. The van der Waals surface area contributed by atoms with Crippen molar-refractivity contribution >= 4 is 11.6 Å². The monoisotopic (exact) mass is 252 g/mol. The Hall–Kier alpha value is -1.58. The number of rotatable bonds is 6. The van der Waals surface area contributed by atoms with Crippen molar-refractivity contribution in [1.29, 1.82) is 0 Å². The molecule has 0 heterocycles. The molecule has 1 atom stereocenters. The first-order valence-electron chi connectivity index (χ1n) is 6.40. The SMILES string of the molecule is CCCCCC(C)NC(=O)c1cc(F)ccc1N. The maximum Gasteiger partial charge on any atom is 0.253 e. The molecule has 1 aromatic rings. The third kappa shape index (κ3) is 4.35. The molecule has 0 aromatic heterocycles. The summed E-state index contributed by atoms with van der Waals surface area (Å²) in [5, 5.41) is 2.84. The van der Waals surface area contributed by atoms with Crippen molar-refractivity contribution in [3.8, 4) is 0 Å². The minimum absolute atomic E-state index is 0.0757. The molecule has 1 amide bonds. The Morgan fingerprint density at radius 1 is 1.44 bits per heavy atom. The summed E-state index contributed by atoms with van der Waals surface area (Å²) in [6.45, 7) is 4.08. The average Bonchev–Trinajstić information content (AvgIpc) is 2.32. The Kier molecular flexibility index (Phi) is 5.62. The fraction of sp³-hybridized carbons (Fsp3) is 0.500. The van der Waals surface area contributed by atoms with Gasteiger partial charge in [0.05, 0.1) is 5.56 Å². The Morgan fingerprint density at radius 3 is 2.83 bits per heavy atom. The molecule has 0 aliphatic heterocycles. The van der Waals surface area contributed by atoms with Crippen molar-refractivity contribution < 1.29 is 9.18 Å². The van der Waals surface area contributed by atoms with E-state index in [4.69, 9.17) is 5.73 Å². The van der Waals surface area contributed by atoms with Gasteiger partial charge < -0.3 is 11.1 Å². The minimum Gasteiger partial charge on any atom is -0.398 e. The molecule has 1 aromatic carbocycles. The third-order valence-electron chi connectivity index (χ3n) is 2.88. The van der Waals surface area contributed by atoms with Crippen molar-refractivity contribution in [2.45, 2.75) is 45.6 Å². The lowest BCUT2D eigenvalue weighted by Gasteiger charge is -2.14. The molecule has 0 saturated heterocycles. The van der Waals surface area contributed by atoms with Crippen molar-refractivity contribution in [2.24, 2.45) is 0 Å². The summed E-state index contributed by atoms with van der Waals surface area (Å²) >= 11 is 0. The molecule has 100 valence electrons. The maximum atomic E-state index is 13.1. The van der Waals surface area contributed by atoms with Crippen molar-refractivity contribution in [1.82, 2.24) is 5.32 Å². The van der Waals surface area contributed by atoms with Crippen molar-refractivity contribution in [3.05, 3.63) is 29.6 Å². The normalized spacial score (nSPS) is 12.2. The highest BCUT2D eigenvalue weighted by molar-refractivity contribution is 5.99. The van der Waals surface area contributed by atoms with E-state index in [2.05, 4.69) is 12.2 Å². The fourth-order valence-electron chi connectivity index (χ4n) is 1.80. The van der Waals surface area contributed by atoms with Crippen LogP contribution in [-0.4, -0.2) is 11.9 Å². The molecule has 4 heteroatoms. The number of nitrogens with one attached hydrogen (secondary N) is 1. The first-order chi connectivity index (χ1) is 8.54. The second-order valence-corrected chi connectivity index (χ2v) is 4.60. The van der Waals surface area contributed by atoms with E-state index in [0.29, 0.717) is 5.69 Å².